The number of rotatable bonds is 3. The zero-order valence-corrected chi connectivity index (χ0v) is 13.4. The minimum absolute atomic E-state index is 0.172. The fourth-order valence-corrected chi connectivity index (χ4v) is 2.81. The van der Waals surface area contributed by atoms with Crippen molar-refractivity contribution in [1.82, 2.24) is 19.6 Å². The van der Waals surface area contributed by atoms with Gasteiger partial charge in [-0.2, -0.15) is 5.10 Å². The van der Waals surface area contributed by atoms with E-state index in [4.69, 9.17) is 11.6 Å². The summed E-state index contributed by atoms with van der Waals surface area (Å²) in [5.41, 5.74) is 3.43. The molecule has 118 valence electrons. The maximum absolute atomic E-state index is 9.68. The van der Waals surface area contributed by atoms with Gasteiger partial charge in [-0.3, -0.25) is 4.98 Å². The molecule has 4 aromatic rings. The van der Waals surface area contributed by atoms with E-state index in [1.165, 1.54) is 0 Å². The Labute approximate surface area is 143 Å². The van der Waals surface area contributed by atoms with Gasteiger partial charge in [0.25, 0.3) is 0 Å². The van der Waals surface area contributed by atoms with Gasteiger partial charge in [-0.25, -0.2) is 9.50 Å². The number of phenolic OH excluding ortho intramolecular Hbond substituents is 1. The molecule has 0 bridgehead atoms. The van der Waals surface area contributed by atoms with Crippen LogP contribution in [-0.4, -0.2) is 24.7 Å². The number of hydrogen-bond donors (Lipinski definition) is 1. The van der Waals surface area contributed by atoms with Crippen molar-refractivity contribution in [2.75, 3.05) is 0 Å². The molecule has 3 aromatic heterocycles. The minimum Gasteiger partial charge on any atom is -0.508 e. The van der Waals surface area contributed by atoms with E-state index in [2.05, 4.69) is 15.1 Å². The van der Waals surface area contributed by atoms with Crippen LogP contribution in [-0.2, 0) is 6.42 Å². The molecule has 3 heterocycles. The second kappa shape index (κ2) is 5.94. The van der Waals surface area contributed by atoms with Crippen molar-refractivity contribution in [1.29, 1.82) is 0 Å². The minimum atomic E-state index is 0.172. The predicted molar refractivity (Wildman–Crippen MR) is 92.1 cm³/mol. The molecule has 24 heavy (non-hydrogen) atoms. The Bertz CT molecular complexity index is 1010. The molecule has 0 saturated heterocycles. The Kier molecular flexibility index (Phi) is 3.63. The summed E-state index contributed by atoms with van der Waals surface area (Å²) in [7, 11) is 0. The molecule has 0 radical (unpaired) electrons. The maximum atomic E-state index is 9.68. The Morgan fingerprint density at radius 3 is 2.88 bits per heavy atom. The van der Waals surface area contributed by atoms with Crippen LogP contribution in [0.3, 0.4) is 0 Å². The van der Waals surface area contributed by atoms with Gasteiger partial charge in [-0.15, -0.1) is 0 Å². The van der Waals surface area contributed by atoms with E-state index < -0.39 is 0 Å². The van der Waals surface area contributed by atoms with Crippen molar-refractivity contribution >= 4 is 17.2 Å². The second-order valence-corrected chi connectivity index (χ2v) is 5.86. The monoisotopic (exact) mass is 336 g/mol. The van der Waals surface area contributed by atoms with Crippen molar-refractivity contribution in [3.8, 4) is 16.9 Å². The highest BCUT2D eigenvalue weighted by atomic mass is 35.5. The van der Waals surface area contributed by atoms with Crippen LogP contribution >= 0.6 is 11.6 Å². The molecule has 0 aliphatic carbocycles. The van der Waals surface area contributed by atoms with Gasteiger partial charge < -0.3 is 5.11 Å². The van der Waals surface area contributed by atoms with E-state index in [1.807, 2.05) is 36.7 Å². The largest absolute Gasteiger partial charge is 0.508 e. The highest BCUT2D eigenvalue weighted by molar-refractivity contribution is 6.33. The first-order chi connectivity index (χ1) is 11.7. The van der Waals surface area contributed by atoms with Crippen molar-refractivity contribution in [3.05, 3.63) is 77.5 Å². The topological polar surface area (TPSA) is 63.3 Å². The number of aromatic hydroxyl groups is 1. The lowest BCUT2D eigenvalue weighted by atomic mass is 10.1. The van der Waals surface area contributed by atoms with Crippen LogP contribution in [0.25, 0.3) is 16.8 Å². The SMILES string of the molecule is Oc1ccc(Cl)c(-c2ccc3nc(Cc4cccnc4)nn3c2)c1. The van der Waals surface area contributed by atoms with Gasteiger partial charge in [0.2, 0.25) is 0 Å². The zero-order chi connectivity index (χ0) is 16.5. The third kappa shape index (κ3) is 2.81. The van der Waals surface area contributed by atoms with Gasteiger partial charge in [0.1, 0.15) is 5.75 Å². The van der Waals surface area contributed by atoms with E-state index in [-0.39, 0.29) is 5.75 Å². The van der Waals surface area contributed by atoms with E-state index in [9.17, 15) is 5.11 Å². The Morgan fingerprint density at radius 1 is 1.12 bits per heavy atom. The van der Waals surface area contributed by atoms with Crippen LogP contribution < -0.4 is 0 Å². The third-order valence-electron chi connectivity index (χ3n) is 3.72. The van der Waals surface area contributed by atoms with Gasteiger partial charge >= 0.3 is 0 Å². The first-order valence-electron chi connectivity index (χ1n) is 7.42. The fourth-order valence-electron chi connectivity index (χ4n) is 2.58. The summed E-state index contributed by atoms with van der Waals surface area (Å²) >= 11 is 6.23. The molecular formula is C18H13ClN4O. The van der Waals surface area contributed by atoms with Crippen molar-refractivity contribution < 1.29 is 5.11 Å². The summed E-state index contributed by atoms with van der Waals surface area (Å²) < 4.78 is 1.72. The Balaban J connectivity index is 1.72. The van der Waals surface area contributed by atoms with Crippen LogP contribution in [0.15, 0.2) is 61.1 Å². The average Bonchev–Trinajstić information content (AvgIpc) is 2.99. The third-order valence-corrected chi connectivity index (χ3v) is 4.05. The number of hydrogen-bond acceptors (Lipinski definition) is 4. The molecule has 0 saturated carbocycles. The van der Waals surface area contributed by atoms with Crippen LogP contribution in [0, 0.1) is 0 Å². The van der Waals surface area contributed by atoms with Crippen LogP contribution in [0.4, 0.5) is 0 Å². The van der Waals surface area contributed by atoms with Crippen molar-refractivity contribution in [2.24, 2.45) is 0 Å². The molecule has 0 aliphatic rings. The lowest BCUT2D eigenvalue weighted by Gasteiger charge is -2.05. The molecule has 0 spiro atoms. The summed E-state index contributed by atoms with van der Waals surface area (Å²) in [6, 6.07) is 12.6. The normalized spacial score (nSPS) is 11.0. The summed E-state index contributed by atoms with van der Waals surface area (Å²) in [6.45, 7) is 0. The highest BCUT2D eigenvalue weighted by Crippen LogP contribution is 2.31. The van der Waals surface area contributed by atoms with E-state index >= 15 is 0 Å². The molecule has 1 aromatic carbocycles. The molecule has 0 atom stereocenters. The number of fused-ring (bicyclic) bond motifs is 1. The summed E-state index contributed by atoms with van der Waals surface area (Å²) in [4.78, 5) is 8.63. The van der Waals surface area contributed by atoms with Gasteiger partial charge in [-0.1, -0.05) is 17.7 Å². The molecule has 0 fully saturated rings. The Morgan fingerprint density at radius 2 is 2.04 bits per heavy atom. The van der Waals surface area contributed by atoms with Gasteiger partial charge in [-0.05, 0) is 42.0 Å². The molecule has 4 rings (SSSR count). The van der Waals surface area contributed by atoms with Gasteiger partial charge in [0.05, 0.1) is 0 Å². The van der Waals surface area contributed by atoms with Crippen LogP contribution in [0.1, 0.15) is 11.4 Å². The number of nitrogens with zero attached hydrogens (tertiary/aromatic N) is 4. The summed E-state index contributed by atoms with van der Waals surface area (Å²) in [5, 5.41) is 14.8. The number of aromatic nitrogens is 4. The molecule has 6 heteroatoms. The first kappa shape index (κ1) is 14.7. The predicted octanol–water partition coefficient (Wildman–Crippen LogP) is 3.74. The van der Waals surface area contributed by atoms with Crippen LogP contribution in [0.2, 0.25) is 5.02 Å². The standard InChI is InChI=1S/C18H13ClN4O/c19-16-5-4-14(24)9-15(16)13-3-6-18-21-17(22-23(18)11-13)8-12-2-1-7-20-10-12/h1-7,9-11,24H,8H2. The lowest BCUT2D eigenvalue weighted by Crippen LogP contribution is -1.93. The second-order valence-electron chi connectivity index (χ2n) is 5.45. The molecular weight excluding hydrogens is 324 g/mol. The smallest absolute Gasteiger partial charge is 0.156 e. The van der Waals surface area contributed by atoms with E-state index in [0.29, 0.717) is 11.4 Å². The Hall–Kier alpha value is -2.92. The average molecular weight is 337 g/mol. The van der Waals surface area contributed by atoms with E-state index in [0.717, 1.165) is 28.2 Å². The van der Waals surface area contributed by atoms with Crippen molar-refractivity contribution in [2.45, 2.75) is 6.42 Å². The number of pyridine rings is 2. The number of phenols is 1. The number of benzene rings is 1. The van der Waals surface area contributed by atoms with E-state index in [1.54, 1.807) is 28.9 Å². The molecule has 0 aliphatic heterocycles. The van der Waals surface area contributed by atoms with Gasteiger partial charge in [0.15, 0.2) is 11.5 Å². The van der Waals surface area contributed by atoms with Crippen molar-refractivity contribution in [3.63, 3.8) is 0 Å². The van der Waals surface area contributed by atoms with Gasteiger partial charge in [0, 0.05) is 41.2 Å². The summed E-state index contributed by atoms with van der Waals surface area (Å²) in [5.74, 6) is 0.896. The maximum Gasteiger partial charge on any atom is 0.156 e. The summed E-state index contributed by atoms with van der Waals surface area (Å²) in [6.07, 6.45) is 6.03. The highest BCUT2D eigenvalue weighted by Gasteiger charge is 2.09. The molecule has 0 amide bonds. The van der Waals surface area contributed by atoms with Crippen LogP contribution in [0.5, 0.6) is 5.75 Å². The number of halogens is 1. The zero-order valence-electron chi connectivity index (χ0n) is 12.6. The molecule has 0 unspecified atom stereocenters. The fraction of sp³-hybridized carbons (Fsp3) is 0.0556. The molecule has 1 N–H and O–H groups in total. The quantitative estimate of drug-likeness (QED) is 0.619. The lowest BCUT2D eigenvalue weighted by molar-refractivity contribution is 0.475. The molecule has 5 nitrogen and oxygen atoms in total. The first-order valence-corrected chi connectivity index (χ1v) is 7.80.